The number of hydrogen-bond acceptors (Lipinski definition) is 2. The summed E-state index contributed by atoms with van der Waals surface area (Å²) >= 11 is 7.02. The molecule has 2 unspecified atom stereocenters. The summed E-state index contributed by atoms with van der Waals surface area (Å²) in [5.74, 6) is 0.227. The molecule has 0 fully saturated rings. The molecule has 0 bridgehead atoms. The molecule has 0 radical (unpaired) electrons. The van der Waals surface area contributed by atoms with Gasteiger partial charge >= 0.3 is 0 Å². The molecule has 0 amide bonds. The second-order valence-electron chi connectivity index (χ2n) is 14.6. The van der Waals surface area contributed by atoms with Gasteiger partial charge in [0.1, 0.15) is 0 Å². The van der Waals surface area contributed by atoms with Crippen LogP contribution in [0.5, 0.6) is 0 Å². The fraction of sp³-hybridized carbons (Fsp3) is 0.261. The number of halogens is 2. The monoisotopic (exact) mass is 790 g/mol. The second-order valence-corrected chi connectivity index (χ2v) is 16.4. The minimum Gasteiger partial charge on any atom is -0.390 e. The molecule has 0 saturated carbocycles. The molecule has 4 heteroatoms. The van der Waals surface area contributed by atoms with Crippen LogP contribution < -0.4 is 0 Å². The molecule has 0 aromatic heterocycles. The molecule has 0 saturated heterocycles. The van der Waals surface area contributed by atoms with E-state index in [1.807, 2.05) is 27.7 Å². The normalized spacial score (nSPS) is 13.6. The van der Waals surface area contributed by atoms with Crippen LogP contribution in [0.15, 0.2) is 130 Å². The summed E-state index contributed by atoms with van der Waals surface area (Å²) in [7, 11) is 0. The van der Waals surface area contributed by atoms with E-state index >= 15 is 0 Å². The maximum atomic E-state index is 10.9. The molecule has 5 aromatic rings. The molecule has 2 atom stereocenters. The number of aliphatic hydroxyl groups is 2. The number of rotatable bonds is 14. The fourth-order valence-electron chi connectivity index (χ4n) is 6.16. The van der Waals surface area contributed by atoms with Gasteiger partial charge in [0.25, 0.3) is 0 Å². The Morgan fingerprint density at radius 2 is 0.600 bits per heavy atom. The summed E-state index contributed by atoms with van der Waals surface area (Å²) in [5, 5.41) is 21.8. The van der Waals surface area contributed by atoms with E-state index < -0.39 is 11.2 Å². The van der Waals surface area contributed by atoms with Gasteiger partial charge in [0.15, 0.2) is 0 Å². The first kappa shape index (κ1) is 37.7. The predicted molar refractivity (Wildman–Crippen MR) is 220 cm³/mol. The largest absolute Gasteiger partial charge is 0.390 e. The third kappa shape index (κ3) is 11.8. The highest BCUT2D eigenvalue weighted by Crippen LogP contribution is 2.28. The van der Waals surface area contributed by atoms with E-state index in [2.05, 4.69) is 177 Å². The van der Waals surface area contributed by atoms with E-state index in [-0.39, 0.29) is 11.8 Å². The number of benzene rings is 5. The lowest BCUT2D eigenvalue weighted by Gasteiger charge is -2.30. The third-order valence-electron chi connectivity index (χ3n) is 9.59. The predicted octanol–water partition coefficient (Wildman–Crippen LogP) is 11.9. The summed E-state index contributed by atoms with van der Waals surface area (Å²) in [6, 6.07) is 42.7. The third-order valence-corrected chi connectivity index (χ3v) is 10.6. The van der Waals surface area contributed by atoms with Crippen molar-refractivity contribution in [3.05, 3.63) is 175 Å². The molecule has 0 aliphatic heterocycles. The van der Waals surface area contributed by atoms with Gasteiger partial charge < -0.3 is 10.2 Å². The molecule has 0 aliphatic rings. The van der Waals surface area contributed by atoms with Crippen LogP contribution in [0.1, 0.15) is 72.2 Å². The van der Waals surface area contributed by atoms with Crippen LogP contribution in [-0.2, 0) is 25.7 Å². The lowest BCUT2D eigenvalue weighted by atomic mass is 9.81. The van der Waals surface area contributed by atoms with Crippen molar-refractivity contribution < 1.29 is 10.2 Å². The van der Waals surface area contributed by atoms with Crippen molar-refractivity contribution in [3.8, 4) is 0 Å². The highest BCUT2D eigenvalue weighted by molar-refractivity contribution is 9.10. The van der Waals surface area contributed by atoms with E-state index in [1.165, 1.54) is 22.3 Å². The van der Waals surface area contributed by atoms with Gasteiger partial charge in [0.05, 0.1) is 11.2 Å². The van der Waals surface area contributed by atoms with Crippen molar-refractivity contribution >= 4 is 56.2 Å². The Kier molecular flexibility index (Phi) is 12.9. The average molecular weight is 793 g/mol. The van der Waals surface area contributed by atoms with Crippen molar-refractivity contribution in [2.75, 3.05) is 0 Å². The molecule has 50 heavy (non-hydrogen) atoms. The Labute approximate surface area is 315 Å². The highest BCUT2D eigenvalue weighted by atomic mass is 79.9. The van der Waals surface area contributed by atoms with Crippen molar-refractivity contribution in [1.29, 1.82) is 0 Å². The van der Waals surface area contributed by atoms with E-state index in [1.54, 1.807) is 0 Å². The van der Waals surface area contributed by atoms with Crippen LogP contribution in [0.2, 0.25) is 0 Å². The molecule has 0 spiro atoms. The zero-order valence-corrected chi connectivity index (χ0v) is 32.7. The summed E-state index contributed by atoms with van der Waals surface area (Å²) in [6.45, 7) is 7.65. The van der Waals surface area contributed by atoms with Gasteiger partial charge in [0, 0.05) is 8.95 Å². The average Bonchev–Trinajstić information content (AvgIpc) is 3.08. The Morgan fingerprint density at radius 1 is 0.400 bits per heavy atom. The maximum absolute atomic E-state index is 10.9. The molecule has 258 valence electrons. The van der Waals surface area contributed by atoms with Gasteiger partial charge in [0.2, 0.25) is 0 Å². The number of hydrogen-bond donors (Lipinski definition) is 2. The first-order valence-electron chi connectivity index (χ1n) is 17.4. The van der Waals surface area contributed by atoms with Crippen LogP contribution in [0.3, 0.4) is 0 Å². The van der Waals surface area contributed by atoms with Crippen molar-refractivity contribution in [2.24, 2.45) is 11.8 Å². The Hall–Kier alpha value is -3.54. The first-order valence-corrected chi connectivity index (χ1v) is 19.0. The second kappa shape index (κ2) is 17.1. The van der Waals surface area contributed by atoms with Gasteiger partial charge in [-0.1, -0.05) is 153 Å². The van der Waals surface area contributed by atoms with Crippen molar-refractivity contribution in [3.63, 3.8) is 0 Å². The first-order chi connectivity index (χ1) is 23.8. The lowest BCUT2D eigenvalue weighted by molar-refractivity contribution is 0.0167. The Morgan fingerprint density at radius 3 is 0.820 bits per heavy atom. The topological polar surface area (TPSA) is 40.5 Å². The van der Waals surface area contributed by atoms with Gasteiger partial charge in [-0.2, -0.15) is 0 Å². The van der Waals surface area contributed by atoms with Crippen LogP contribution >= 0.6 is 31.9 Å². The smallest absolute Gasteiger partial charge is 0.0626 e. The summed E-state index contributed by atoms with van der Waals surface area (Å²) < 4.78 is 2.13. The zero-order valence-electron chi connectivity index (χ0n) is 29.5. The SMILES string of the molecule is CC(C)(O)C(Cc1ccc(Br)cc1)Cc1ccc(C=Cc2ccc(C=Cc3ccc(CC(Cc4ccc(Br)cc4)C(C)(C)O)cc3)cc2)cc1. The minimum atomic E-state index is -0.777. The highest BCUT2D eigenvalue weighted by Gasteiger charge is 2.28. The zero-order chi connectivity index (χ0) is 35.7. The van der Waals surface area contributed by atoms with Gasteiger partial charge in [-0.25, -0.2) is 0 Å². The van der Waals surface area contributed by atoms with Gasteiger partial charge in [-0.05, 0) is 134 Å². The van der Waals surface area contributed by atoms with Crippen LogP contribution in [0.25, 0.3) is 24.3 Å². The van der Waals surface area contributed by atoms with Crippen molar-refractivity contribution in [2.45, 2.75) is 64.6 Å². The molecule has 2 nitrogen and oxygen atoms in total. The van der Waals surface area contributed by atoms with Crippen LogP contribution in [0, 0.1) is 11.8 Å². The Balaban J connectivity index is 1.14. The lowest BCUT2D eigenvalue weighted by Crippen LogP contribution is -2.34. The maximum Gasteiger partial charge on any atom is 0.0626 e. The fourth-order valence-corrected chi connectivity index (χ4v) is 6.68. The van der Waals surface area contributed by atoms with Gasteiger partial charge in [-0.15, -0.1) is 0 Å². The van der Waals surface area contributed by atoms with Crippen LogP contribution in [-0.4, -0.2) is 21.4 Å². The summed E-state index contributed by atoms with van der Waals surface area (Å²) in [6.07, 6.45) is 11.9. The molecule has 0 aliphatic carbocycles. The summed E-state index contributed by atoms with van der Waals surface area (Å²) in [4.78, 5) is 0. The summed E-state index contributed by atoms with van der Waals surface area (Å²) in [5.41, 5.74) is 7.97. The molecule has 5 rings (SSSR count). The Bertz CT molecular complexity index is 1700. The van der Waals surface area contributed by atoms with Crippen LogP contribution in [0.4, 0.5) is 0 Å². The minimum absolute atomic E-state index is 0.114. The molecule has 2 N–H and O–H groups in total. The van der Waals surface area contributed by atoms with Crippen molar-refractivity contribution in [1.82, 2.24) is 0 Å². The molecule has 5 aromatic carbocycles. The van der Waals surface area contributed by atoms with E-state index in [9.17, 15) is 10.2 Å². The molecular weight excluding hydrogens is 744 g/mol. The van der Waals surface area contributed by atoms with E-state index in [0.29, 0.717) is 0 Å². The van der Waals surface area contributed by atoms with E-state index in [0.717, 1.165) is 56.9 Å². The van der Waals surface area contributed by atoms with Gasteiger partial charge in [-0.3, -0.25) is 0 Å². The molecular formula is C46H48Br2O2. The quantitative estimate of drug-likeness (QED) is 0.110. The van der Waals surface area contributed by atoms with E-state index in [4.69, 9.17) is 0 Å². The molecule has 0 heterocycles. The standard InChI is InChI=1S/C46H48Br2O2/c1-45(2,49)41(31-39-21-25-43(47)26-22-39)29-37-17-13-35(14-18-37)11-9-33-5-7-34(8-6-33)10-12-36-15-19-38(20-16-36)30-42(46(3,4)50)32-40-23-27-44(48)28-24-40/h5-28,41-42,49-50H,29-32H2,1-4H3.